The third kappa shape index (κ3) is 2.54. The standard InChI is InChI=1S/C13H16Cl2O2/c1-7-4-9(5-8(2)12(7)15)17-11-6-10(14)13(11)16-3/h4-5,10-11,13H,6H2,1-3H3. The minimum atomic E-state index is -0.0204. The Morgan fingerprint density at radius 1 is 1.24 bits per heavy atom. The molecule has 1 aliphatic carbocycles. The quantitative estimate of drug-likeness (QED) is 0.782. The summed E-state index contributed by atoms with van der Waals surface area (Å²) in [7, 11) is 1.66. The Labute approximate surface area is 112 Å². The number of rotatable bonds is 3. The second-order valence-electron chi connectivity index (χ2n) is 4.48. The number of ether oxygens (including phenoxy) is 2. The molecule has 94 valence electrons. The molecule has 3 unspecified atom stereocenters. The Morgan fingerprint density at radius 2 is 1.82 bits per heavy atom. The molecule has 0 N–H and O–H groups in total. The molecule has 0 bridgehead atoms. The van der Waals surface area contributed by atoms with E-state index in [1.165, 1.54) is 0 Å². The molecule has 0 radical (unpaired) electrons. The van der Waals surface area contributed by atoms with E-state index in [2.05, 4.69) is 0 Å². The highest BCUT2D eigenvalue weighted by atomic mass is 35.5. The highest BCUT2D eigenvalue weighted by molar-refractivity contribution is 6.32. The Bertz CT molecular complexity index is 397. The highest BCUT2D eigenvalue weighted by Gasteiger charge is 2.42. The molecule has 0 spiro atoms. The third-order valence-electron chi connectivity index (χ3n) is 3.15. The Hall–Kier alpha value is -0.440. The van der Waals surface area contributed by atoms with Gasteiger partial charge in [0.2, 0.25) is 0 Å². The number of methoxy groups -OCH3 is 1. The van der Waals surface area contributed by atoms with E-state index in [-0.39, 0.29) is 17.6 Å². The molecule has 0 heterocycles. The van der Waals surface area contributed by atoms with Crippen LogP contribution >= 0.6 is 23.2 Å². The van der Waals surface area contributed by atoms with Crippen molar-refractivity contribution in [3.63, 3.8) is 0 Å². The molecular formula is C13H16Cl2O2. The van der Waals surface area contributed by atoms with E-state index >= 15 is 0 Å². The van der Waals surface area contributed by atoms with Gasteiger partial charge in [-0.15, -0.1) is 11.6 Å². The lowest BCUT2D eigenvalue weighted by molar-refractivity contribution is -0.0583. The number of alkyl halides is 1. The number of hydrogen-bond acceptors (Lipinski definition) is 2. The van der Waals surface area contributed by atoms with Crippen molar-refractivity contribution in [3.8, 4) is 5.75 Å². The lowest BCUT2D eigenvalue weighted by atomic mass is 9.91. The second-order valence-corrected chi connectivity index (χ2v) is 5.42. The van der Waals surface area contributed by atoms with Gasteiger partial charge in [-0.05, 0) is 37.1 Å². The first-order valence-electron chi connectivity index (χ1n) is 5.63. The van der Waals surface area contributed by atoms with Gasteiger partial charge in [0.15, 0.2) is 0 Å². The van der Waals surface area contributed by atoms with Crippen molar-refractivity contribution in [1.82, 2.24) is 0 Å². The van der Waals surface area contributed by atoms with Crippen molar-refractivity contribution in [2.45, 2.75) is 37.9 Å². The van der Waals surface area contributed by atoms with E-state index in [4.69, 9.17) is 32.7 Å². The zero-order valence-electron chi connectivity index (χ0n) is 10.2. The van der Waals surface area contributed by atoms with Crippen LogP contribution in [0.3, 0.4) is 0 Å². The summed E-state index contributed by atoms with van der Waals surface area (Å²) in [6, 6.07) is 3.90. The van der Waals surface area contributed by atoms with Crippen LogP contribution in [-0.4, -0.2) is 24.7 Å². The van der Waals surface area contributed by atoms with E-state index in [1.807, 2.05) is 26.0 Å². The van der Waals surface area contributed by atoms with Gasteiger partial charge < -0.3 is 9.47 Å². The van der Waals surface area contributed by atoms with Crippen LogP contribution in [-0.2, 0) is 4.74 Å². The molecule has 1 saturated carbocycles. The minimum Gasteiger partial charge on any atom is -0.488 e. The third-order valence-corrected chi connectivity index (χ3v) is 4.17. The summed E-state index contributed by atoms with van der Waals surface area (Å²) < 4.78 is 11.2. The van der Waals surface area contributed by atoms with Crippen molar-refractivity contribution in [1.29, 1.82) is 0 Å². The molecule has 0 saturated heterocycles. The number of benzene rings is 1. The van der Waals surface area contributed by atoms with Crippen LogP contribution in [0, 0.1) is 13.8 Å². The fourth-order valence-corrected chi connectivity index (χ4v) is 2.64. The molecule has 0 aromatic heterocycles. The Kier molecular flexibility index (Phi) is 3.86. The van der Waals surface area contributed by atoms with Crippen LogP contribution in [0.2, 0.25) is 5.02 Å². The fourth-order valence-electron chi connectivity index (χ4n) is 2.09. The predicted molar refractivity (Wildman–Crippen MR) is 70.4 cm³/mol. The summed E-state index contributed by atoms with van der Waals surface area (Å²) in [6.07, 6.45) is 0.844. The van der Waals surface area contributed by atoms with E-state index in [0.717, 1.165) is 28.3 Å². The van der Waals surface area contributed by atoms with Gasteiger partial charge in [-0.25, -0.2) is 0 Å². The summed E-state index contributed by atoms with van der Waals surface area (Å²) in [4.78, 5) is 0. The van der Waals surface area contributed by atoms with Crippen molar-refractivity contribution in [2.75, 3.05) is 7.11 Å². The number of hydrogen-bond donors (Lipinski definition) is 0. The topological polar surface area (TPSA) is 18.5 Å². The van der Waals surface area contributed by atoms with Gasteiger partial charge >= 0.3 is 0 Å². The molecule has 3 atom stereocenters. The van der Waals surface area contributed by atoms with Gasteiger partial charge in [-0.3, -0.25) is 0 Å². The molecule has 2 rings (SSSR count). The molecule has 1 aromatic carbocycles. The van der Waals surface area contributed by atoms with Crippen molar-refractivity contribution < 1.29 is 9.47 Å². The molecule has 0 amide bonds. The first kappa shape index (κ1) is 13.0. The normalized spacial score (nSPS) is 27.7. The average molecular weight is 275 g/mol. The van der Waals surface area contributed by atoms with Crippen LogP contribution in [0.4, 0.5) is 0 Å². The predicted octanol–water partition coefficient (Wildman–Crippen LogP) is 3.73. The van der Waals surface area contributed by atoms with Gasteiger partial charge in [-0.1, -0.05) is 11.6 Å². The molecule has 1 aromatic rings. The van der Waals surface area contributed by atoms with Crippen LogP contribution in [0.15, 0.2) is 12.1 Å². The lowest BCUT2D eigenvalue weighted by Crippen LogP contribution is -2.52. The fraction of sp³-hybridized carbons (Fsp3) is 0.538. The SMILES string of the molecule is COC1C(Cl)CC1Oc1cc(C)c(Cl)c(C)c1. The van der Waals surface area contributed by atoms with Crippen molar-refractivity contribution in [2.24, 2.45) is 0 Å². The first-order valence-corrected chi connectivity index (χ1v) is 6.44. The van der Waals surface area contributed by atoms with Crippen LogP contribution in [0.5, 0.6) is 5.75 Å². The average Bonchev–Trinajstić information content (AvgIpc) is 2.25. The van der Waals surface area contributed by atoms with Gasteiger partial charge in [0.05, 0.1) is 5.38 Å². The van der Waals surface area contributed by atoms with E-state index < -0.39 is 0 Å². The van der Waals surface area contributed by atoms with Crippen molar-refractivity contribution in [3.05, 3.63) is 28.3 Å². The molecule has 1 fully saturated rings. The van der Waals surface area contributed by atoms with Crippen LogP contribution in [0.25, 0.3) is 0 Å². The maximum atomic E-state index is 6.11. The zero-order valence-corrected chi connectivity index (χ0v) is 11.7. The maximum absolute atomic E-state index is 6.11. The Morgan fingerprint density at radius 3 is 2.29 bits per heavy atom. The smallest absolute Gasteiger partial charge is 0.128 e. The largest absolute Gasteiger partial charge is 0.488 e. The summed E-state index contributed by atoms with van der Waals surface area (Å²) in [5.74, 6) is 0.833. The summed E-state index contributed by atoms with van der Waals surface area (Å²) in [6.45, 7) is 3.95. The molecule has 0 aliphatic heterocycles. The van der Waals surface area contributed by atoms with E-state index in [1.54, 1.807) is 7.11 Å². The summed E-state index contributed by atoms with van der Waals surface area (Å²) in [5, 5.41) is 0.851. The highest BCUT2D eigenvalue weighted by Crippen LogP contribution is 2.34. The maximum Gasteiger partial charge on any atom is 0.128 e. The minimum absolute atomic E-state index is 0.0204. The van der Waals surface area contributed by atoms with Crippen LogP contribution in [0.1, 0.15) is 17.5 Å². The summed E-state index contributed by atoms with van der Waals surface area (Å²) in [5.41, 5.74) is 2.05. The van der Waals surface area contributed by atoms with E-state index in [9.17, 15) is 0 Å². The number of halogens is 2. The first-order chi connectivity index (χ1) is 8.02. The van der Waals surface area contributed by atoms with E-state index in [0.29, 0.717) is 0 Å². The Balaban J connectivity index is 2.10. The molecule has 2 nitrogen and oxygen atoms in total. The summed E-state index contributed by atoms with van der Waals surface area (Å²) >= 11 is 12.1. The van der Waals surface area contributed by atoms with Gasteiger partial charge in [0.1, 0.15) is 18.0 Å². The second kappa shape index (κ2) is 5.05. The molecular weight excluding hydrogens is 259 g/mol. The lowest BCUT2D eigenvalue weighted by Gasteiger charge is -2.39. The van der Waals surface area contributed by atoms with Gasteiger partial charge in [-0.2, -0.15) is 0 Å². The zero-order chi connectivity index (χ0) is 12.6. The monoisotopic (exact) mass is 274 g/mol. The van der Waals surface area contributed by atoms with Gasteiger partial charge in [0, 0.05) is 18.6 Å². The van der Waals surface area contributed by atoms with Crippen LogP contribution < -0.4 is 4.74 Å². The van der Waals surface area contributed by atoms with Gasteiger partial charge in [0.25, 0.3) is 0 Å². The van der Waals surface area contributed by atoms with Crippen molar-refractivity contribution >= 4 is 23.2 Å². The molecule has 17 heavy (non-hydrogen) atoms. The molecule has 4 heteroatoms. The number of aryl methyl sites for hydroxylation is 2. The molecule has 1 aliphatic rings.